The Hall–Kier alpha value is -0.810. The lowest BCUT2D eigenvalue weighted by Crippen LogP contribution is -2.62. The fourth-order valence-electron chi connectivity index (χ4n) is 9.48. The van der Waals surface area contributed by atoms with Crippen molar-refractivity contribution in [2.75, 3.05) is 6.61 Å². The van der Waals surface area contributed by atoms with Crippen LogP contribution in [0.3, 0.4) is 0 Å². The fraction of sp³-hybridized carbons (Fsp3) is 0.962. The molecule has 0 spiro atoms. The molecule has 4 N–H and O–H groups in total. The molecule has 178 valence electrons. The maximum absolute atomic E-state index is 11.7. The first-order valence-electron chi connectivity index (χ1n) is 12.9. The van der Waals surface area contributed by atoms with Gasteiger partial charge in [-0.3, -0.25) is 0 Å². The van der Waals surface area contributed by atoms with E-state index in [1.807, 2.05) is 0 Å². The van der Waals surface area contributed by atoms with Crippen molar-refractivity contribution in [1.29, 1.82) is 0 Å². The molecule has 0 radical (unpaired) electrons. The summed E-state index contributed by atoms with van der Waals surface area (Å²) < 4.78 is 5.03. The van der Waals surface area contributed by atoms with Crippen LogP contribution in [0.25, 0.3) is 0 Å². The van der Waals surface area contributed by atoms with Gasteiger partial charge in [-0.2, -0.15) is 0 Å². The van der Waals surface area contributed by atoms with Crippen molar-refractivity contribution in [3.63, 3.8) is 0 Å². The molecular weight excluding hydrogens is 390 g/mol. The van der Waals surface area contributed by atoms with Crippen LogP contribution in [0.1, 0.15) is 85.5 Å². The average molecular weight is 436 g/mol. The Kier molecular flexibility index (Phi) is 6.42. The van der Waals surface area contributed by atoms with Crippen molar-refractivity contribution in [2.45, 2.75) is 97.7 Å². The number of hydrogen-bond donors (Lipinski definition) is 3. The van der Waals surface area contributed by atoms with Gasteiger partial charge in [0, 0.05) is 0 Å². The first kappa shape index (κ1) is 23.4. The highest BCUT2D eigenvalue weighted by Crippen LogP contribution is 2.69. The minimum absolute atomic E-state index is 0.191. The summed E-state index contributed by atoms with van der Waals surface area (Å²) in [5.41, 5.74) is 5.66. The van der Waals surface area contributed by atoms with Crippen molar-refractivity contribution < 1.29 is 19.7 Å². The Balaban J connectivity index is 1.57. The quantitative estimate of drug-likeness (QED) is 0.582. The predicted octanol–water partition coefficient (Wildman–Crippen LogP) is 4.73. The average Bonchev–Trinajstić information content (AvgIpc) is 3.06. The Morgan fingerprint density at radius 3 is 2.42 bits per heavy atom. The Bertz CT molecular complexity index is 670. The highest BCUT2D eigenvalue weighted by molar-refractivity contribution is 5.64. The second kappa shape index (κ2) is 8.52. The van der Waals surface area contributed by atoms with E-state index in [2.05, 4.69) is 27.7 Å². The summed E-state index contributed by atoms with van der Waals surface area (Å²) in [6, 6.07) is 0. The van der Waals surface area contributed by atoms with Gasteiger partial charge in [0.1, 0.15) is 0 Å². The number of carbonyl (C=O) groups excluding carboxylic acids is 1. The van der Waals surface area contributed by atoms with Crippen LogP contribution in [-0.2, 0) is 4.74 Å². The van der Waals surface area contributed by atoms with Gasteiger partial charge in [-0.1, -0.05) is 34.1 Å². The van der Waals surface area contributed by atoms with Crippen LogP contribution in [-0.4, -0.2) is 35.1 Å². The second-order valence-corrected chi connectivity index (χ2v) is 12.1. The molecule has 4 saturated carbocycles. The molecule has 0 saturated heterocycles. The van der Waals surface area contributed by atoms with Crippen LogP contribution < -0.4 is 5.73 Å². The predicted molar refractivity (Wildman–Crippen MR) is 121 cm³/mol. The summed E-state index contributed by atoms with van der Waals surface area (Å²) in [4.78, 5) is 11.0. The molecule has 11 atom stereocenters. The third kappa shape index (κ3) is 3.72. The normalized spacial score (nSPS) is 50.1. The molecule has 0 heterocycles. The standard InChI is InChI=1S/C26H45NO4/c1-5-17-21-14-16(28)8-11-26(21,4)20-9-12-25(3)18(15(2)10-13-31-24(27)30)6-7-19(25)22(20)23(17)29/h15-23,28-29H,5-14H2,1-4H3,(H2,27,30)/t15-,16-,17-,18-,19+,20?,21+,22+,23-,25-,26-/m1/s1. The van der Waals surface area contributed by atoms with E-state index in [0.717, 1.165) is 32.1 Å². The molecule has 0 aliphatic heterocycles. The number of hydrogen-bond acceptors (Lipinski definition) is 4. The fourth-order valence-corrected chi connectivity index (χ4v) is 9.48. The van der Waals surface area contributed by atoms with E-state index in [1.54, 1.807) is 0 Å². The van der Waals surface area contributed by atoms with Crippen LogP contribution in [0.15, 0.2) is 0 Å². The van der Waals surface area contributed by atoms with Crippen LogP contribution in [0.4, 0.5) is 4.79 Å². The Morgan fingerprint density at radius 2 is 1.74 bits per heavy atom. The van der Waals surface area contributed by atoms with Gasteiger partial charge in [0.05, 0.1) is 18.8 Å². The maximum atomic E-state index is 11.7. The minimum atomic E-state index is -0.681. The van der Waals surface area contributed by atoms with Gasteiger partial charge in [-0.05, 0) is 104 Å². The molecule has 0 bridgehead atoms. The van der Waals surface area contributed by atoms with Gasteiger partial charge < -0.3 is 20.7 Å². The molecule has 5 heteroatoms. The number of carbonyl (C=O) groups is 1. The van der Waals surface area contributed by atoms with Crippen LogP contribution >= 0.6 is 0 Å². The SMILES string of the molecule is CC[C@H]1[C@@H](O)[C@@H]2C(CC[C@]3(C)[C@@H]([C@H](C)CCOC(N)=O)CC[C@@H]23)[C@@]2(C)CC[C@@H](O)C[C@@H]12. The summed E-state index contributed by atoms with van der Waals surface area (Å²) in [5, 5.41) is 22.2. The molecule has 0 aromatic rings. The topological polar surface area (TPSA) is 92.8 Å². The van der Waals surface area contributed by atoms with Gasteiger partial charge in [0.15, 0.2) is 0 Å². The lowest BCUT2D eigenvalue weighted by molar-refractivity contribution is -0.203. The van der Waals surface area contributed by atoms with Crippen LogP contribution in [0.2, 0.25) is 0 Å². The first-order valence-corrected chi connectivity index (χ1v) is 12.9. The smallest absolute Gasteiger partial charge is 0.404 e. The zero-order chi connectivity index (χ0) is 22.6. The number of aliphatic hydroxyl groups excluding tert-OH is 2. The summed E-state index contributed by atoms with van der Waals surface area (Å²) in [7, 11) is 0. The number of ether oxygens (including phenoxy) is 1. The molecule has 31 heavy (non-hydrogen) atoms. The lowest BCUT2D eigenvalue weighted by Gasteiger charge is -2.64. The zero-order valence-electron chi connectivity index (χ0n) is 20.1. The summed E-state index contributed by atoms with van der Waals surface area (Å²) in [5.74, 6) is 3.40. The van der Waals surface area contributed by atoms with Gasteiger partial charge in [-0.15, -0.1) is 0 Å². The molecule has 0 aromatic heterocycles. The van der Waals surface area contributed by atoms with Crippen molar-refractivity contribution in [3.05, 3.63) is 0 Å². The number of amides is 1. The van der Waals surface area contributed by atoms with Crippen LogP contribution in [0, 0.1) is 52.3 Å². The minimum Gasteiger partial charge on any atom is -0.450 e. The highest BCUT2D eigenvalue weighted by atomic mass is 16.5. The third-order valence-corrected chi connectivity index (χ3v) is 11.0. The molecule has 0 aromatic carbocycles. The van der Waals surface area contributed by atoms with E-state index >= 15 is 0 Å². The Labute approximate surface area is 188 Å². The summed E-state index contributed by atoms with van der Waals surface area (Å²) >= 11 is 0. The summed E-state index contributed by atoms with van der Waals surface area (Å²) in [6.07, 6.45) is 8.52. The molecule has 1 amide bonds. The van der Waals surface area contributed by atoms with E-state index in [4.69, 9.17) is 10.5 Å². The van der Waals surface area contributed by atoms with Gasteiger partial charge in [0.2, 0.25) is 0 Å². The van der Waals surface area contributed by atoms with Gasteiger partial charge >= 0.3 is 6.09 Å². The Morgan fingerprint density at radius 1 is 1.06 bits per heavy atom. The van der Waals surface area contributed by atoms with Crippen molar-refractivity contribution in [3.8, 4) is 0 Å². The highest BCUT2D eigenvalue weighted by Gasteiger charge is 2.64. The molecule has 4 aliphatic carbocycles. The zero-order valence-corrected chi connectivity index (χ0v) is 20.1. The molecule has 4 rings (SSSR count). The maximum Gasteiger partial charge on any atom is 0.404 e. The molecule has 4 fully saturated rings. The number of primary amides is 1. The first-order chi connectivity index (χ1) is 14.6. The summed E-state index contributed by atoms with van der Waals surface area (Å²) in [6.45, 7) is 9.93. The molecule has 5 nitrogen and oxygen atoms in total. The number of aliphatic hydroxyl groups is 2. The van der Waals surface area contributed by atoms with E-state index in [9.17, 15) is 15.0 Å². The second-order valence-electron chi connectivity index (χ2n) is 12.1. The van der Waals surface area contributed by atoms with Crippen molar-refractivity contribution >= 4 is 6.09 Å². The molecule has 1 unspecified atom stereocenters. The number of rotatable bonds is 5. The van der Waals surface area contributed by atoms with Gasteiger partial charge in [-0.25, -0.2) is 4.79 Å². The van der Waals surface area contributed by atoms with E-state index in [-0.39, 0.29) is 23.0 Å². The largest absolute Gasteiger partial charge is 0.450 e. The monoisotopic (exact) mass is 435 g/mol. The number of nitrogens with two attached hydrogens (primary N) is 1. The van der Waals surface area contributed by atoms with Gasteiger partial charge in [0.25, 0.3) is 0 Å². The van der Waals surface area contributed by atoms with E-state index in [0.29, 0.717) is 48.0 Å². The lowest BCUT2D eigenvalue weighted by atomic mass is 9.41. The number of fused-ring (bicyclic) bond motifs is 5. The van der Waals surface area contributed by atoms with E-state index < -0.39 is 6.09 Å². The van der Waals surface area contributed by atoms with Crippen molar-refractivity contribution in [2.24, 2.45) is 58.0 Å². The molecular formula is C26H45NO4. The molecule has 4 aliphatic rings. The van der Waals surface area contributed by atoms with Crippen molar-refractivity contribution in [1.82, 2.24) is 0 Å². The van der Waals surface area contributed by atoms with E-state index in [1.165, 1.54) is 25.7 Å². The third-order valence-electron chi connectivity index (χ3n) is 11.0. The van der Waals surface area contributed by atoms with Crippen LogP contribution in [0.5, 0.6) is 0 Å².